The Bertz CT molecular complexity index is 559. The van der Waals surface area contributed by atoms with Crippen molar-refractivity contribution in [2.45, 2.75) is 45.8 Å². The van der Waals surface area contributed by atoms with Gasteiger partial charge in [0, 0.05) is 28.6 Å². The molecule has 0 saturated heterocycles. The fourth-order valence-electron chi connectivity index (χ4n) is 2.78. The summed E-state index contributed by atoms with van der Waals surface area (Å²) in [5, 5.41) is 2.96. The Morgan fingerprint density at radius 2 is 2.19 bits per heavy atom. The molecule has 1 aliphatic rings. The van der Waals surface area contributed by atoms with Gasteiger partial charge in [0.05, 0.1) is 6.10 Å². The molecule has 2 atom stereocenters. The molecule has 21 heavy (non-hydrogen) atoms. The van der Waals surface area contributed by atoms with E-state index in [0.717, 1.165) is 15.7 Å². The van der Waals surface area contributed by atoms with Crippen LogP contribution in [0.15, 0.2) is 22.7 Å². The SMILES string of the molecule is CCOC1CC(N)(C(=O)Nc2cc(Br)ccc2C)C1(C)C. The molecule has 0 bridgehead atoms. The fourth-order valence-corrected chi connectivity index (χ4v) is 3.14. The number of ether oxygens (including phenoxy) is 1. The molecule has 0 aromatic heterocycles. The van der Waals surface area contributed by atoms with Crippen molar-refractivity contribution in [1.82, 2.24) is 0 Å². The van der Waals surface area contributed by atoms with Crippen molar-refractivity contribution in [1.29, 1.82) is 0 Å². The van der Waals surface area contributed by atoms with Crippen molar-refractivity contribution in [3.05, 3.63) is 28.2 Å². The van der Waals surface area contributed by atoms with Gasteiger partial charge < -0.3 is 15.8 Å². The molecule has 1 aliphatic carbocycles. The summed E-state index contributed by atoms with van der Waals surface area (Å²) in [7, 11) is 0. The third kappa shape index (κ3) is 2.74. The number of hydrogen-bond donors (Lipinski definition) is 2. The number of amides is 1. The molecule has 3 N–H and O–H groups in total. The molecule has 0 spiro atoms. The number of carbonyl (C=O) groups excluding carboxylic acids is 1. The maximum absolute atomic E-state index is 12.6. The number of halogens is 1. The number of rotatable bonds is 4. The Morgan fingerprint density at radius 3 is 2.76 bits per heavy atom. The van der Waals surface area contributed by atoms with Crippen LogP contribution in [0.4, 0.5) is 5.69 Å². The van der Waals surface area contributed by atoms with E-state index in [9.17, 15) is 4.79 Å². The largest absolute Gasteiger partial charge is 0.378 e. The lowest BCUT2D eigenvalue weighted by atomic mass is 9.54. The molecule has 0 heterocycles. The van der Waals surface area contributed by atoms with Gasteiger partial charge in [0.1, 0.15) is 5.54 Å². The topological polar surface area (TPSA) is 64.3 Å². The van der Waals surface area contributed by atoms with Crippen LogP contribution in [0.2, 0.25) is 0 Å². The summed E-state index contributed by atoms with van der Waals surface area (Å²) in [6.07, 6.45) is 0.578. The van der Waals surface area contributed by atoms with Crippen LogP contribution in [0.1, 0.15) is 32.8 Å². The Hall–Kier alpha value is -0.910. The number of hydrogen-bond acceptors (Lipinski definition) is 3. The number of aryl methyl sites for hydroxylation is 1. The molecule has 1 amide bonds. The Balaban J connectivity index is 2.16. The quantitative estimate of drug-likeness (QED) is 0.872. The van der Waals surface area contributed by atoms with E-state index in [0.29, 0.717) is 13.0 Å². The third-order valence-electron chi connectivity index (χ3n) is 4.68. The van der Waals surface area contributed by atoms with Gasteiger partial charge in [-0.15, -0.1) is 0 Å². The van der Waals surface area contributed by atoms with E-state index in [4.69, 9.17) is 10.5 Å². The predicted octanol–water partition coefficient (Wildman–Crippen LogP) is 3.23. The van der Waals surface area contributed by atoms with E-state index < -0.39 is 5.54 Å². The minimum atomic E-state index is -0.901. The van der Waals surface area contributed by atoms with Crippen LogP contribution in [0, 0.1) is 12.3 Å². The molecular weight excluding hydrogens is 332 g/mol. The number of anilines is 1. The zero-order valence-electron chi connectivity index (χ0n) is 13.0. The Kier molecular flexibility index (Phi) is 4.47. The lowest BCUT2D eigenvalue weighted by molar-refractivity contribution is -0.166. The first-order valence-corrected chi connectivity index (χ1v) is 7.99. The average molecular weight is 355 g/mol. The fraction of sp³-hybridized carbons (Fsp3) is 0.562. The van der Waals surface area contributed by atoms with Crippen LogP contribution in [0.3, 0.4) is 0 Å². The van der Waals surface area contributed by atoms with Gasteiger partial charge in [-0.2, -0.15) is 0 Å². The predicted molar refractivity (Wildman–Crippen MR) is 88.2 cm³/mol. The standard InChI is InChI=1S/C16H23BrN2O2/c1-5-21-13-9-16(18,15(13,3)4)14(20)19-12-8-11(17)7-6-10(12)2/h6-8,13H,5,9,18H2,1-4H3,(H,19,20). The molecule has 1 saturated carbocycles. The van der Waals surface area contributed by atoms with Gasteiger partial charge in [-0.3, -0.25) is 4.79 Å². The van der Waals surface area contributed by atoms with E-state index in [2.05, 4.69) is 21.2 Å². The van der Waals surface area contributed by atoms with Gasteiger partial charge in [-0.1, -0.05) is 35.8 Å². The van der Waals surface area contributed by atoms with Crippen LogP contribution >= 0.6 is 15.9 Å². The van der Waals surface area contributed by atoms with Crippen molar-refractivity contribution in [2.24, 2.45) is 11.1 Å². The number of carbonyl (C=O) groups is 1. The highest BCUT2D eigenvalue weighted by Crippen LogP contribution is 2.50. The normalized spacial score (nSPS) is 27.0. The van der Waals surface area contributed by atoms with E-state index in [-0.39, 0.29) is 17.4 Å². The molecule has 4 nitrogen and oxygen atoms in total. The molecule has 2 unspecified atom stereocenters. The summed E-state index contributed by atoms with van der Waals surface area (Å²) in [5.41, 5.74) is 6.89. The van der Waals surface area contributed by atoms with Crippen LogP contribution < -0.4 is 11.1 Å². The lowest BCUT2D eigenvalue weighted by Crippen LogP contribution is -2.74. The highest BCUT2D eigenvalue weighted by Gasteiger charge is 2.62. The zero-order chi connectivity index (χ0) is 15.8. The first kappa shape index (κ1) is 16.5. The summed E-state index contributed by atoms with van der Waals surface area (Å²) in [5.74, 6) is -0.148. The second-order valence-electron chi connectivity index (χ2n) is 6.25. The monoisotopic (exact) mass is 354 g/mol. The van der Waals surface area contributed by atoms with Crippen molar-refractivity contribution in [3.8, 4) is 0 Å². The summed E-state index contributed by atoms with van der Waals surface area (Å²) >= 11 is 3.42. The molecule has 1 fully saturated rings. The minimum Gasteiger partial charge on any atom is -0.378 e. The smallest absolute Gasteiger partial charge is 0.245 e. The Morgan fingerprint density at radius 1 is 1.52 bits per heavy atom. The summed E-state index contributed by atoms with van der Waals surface area (Å²) in [6, 6.07) is 5.79. The van der Waals surface area contributed by atoms with Crippen LogP contribution in [-0.4, -0.2) is 24.2 Å². The molecule has 1 aromatic carbocycles. The van der Waals surface area contributed by atoms with Crippen molar-refractivity contribution >= 4 is 27.5 Å². The van der Waals surface area contributed by atoms with Crippen LogP contribution in [0.5, 0.6) is 0 Å². The van der Waals surface area contributed by atoms with Gasteiger partial charge in [-0.05, 0) is 31.5 Å². The molecule has 0 aliphatic heterocycles. The highest BCUT2D eigenvalue weighted by molar-refractivity contribution is 9.10. The summed E-state index contributed by atoms with van der Waals surface area (Å²) in [4.78, 5) is 12.6. The van der Waals surface area contributed by atoms with Crippen molar-refractivity contribution in [3.63, 3.8) is 0 Å². The summed E-state index contributed by atoms with van der Waals surface area (Å²) < 4.78 is 6.59. The maximum Gasteiger partial charge on any atom is 0.245 e. The first-order chi connectivity index (χ1) is 9.72. The Labute approximate surface area is 134 Å². The van der Waals surface area contributed by atoms with E-state index in [1.54, 1.807) is 0 Å². The molecule has 2 rings (SSSR count). The zero-order valence-corrected chi connectivity index (χ0v) is 14.6. The first-order valence-electron chi connectivity index (χ1n) is 7.20. The molecular formula is C16H23BrN2O2. The number of nitrogens with two attached hydrogens (primary N) is 1. The third-order valence-corrected chi connectivity index (χ3v) is 5.18. The second kappa shape index (κ2) is 5.71. The lowest BCUT2D eigenvalue weighted by Gasteiger charge is -2.57. The van der Waals surface area contributed by atoms with Gasteiger partial charge in [0.25, 0.3) is 0 Å². The highest BCUT2D eigenvalue weighted by atomic mass is 79.9. The maximum atomic E-state index is 12.6. The average Bonchev–Trinajstić information content (AvgIpc) is 2.42. The number of nitrogens with one attached hydrogen (secondary N) is 1. The summed E-state index contributed by atoms with van der Waals surface area (Å²) in [6.45, 7) is 8.53. The van der Waals surface area contributed by atoms with Crippen LogP contribution in [-0.2, 0) is 9.53 Å². The molecule has 0 radical (unpaired) electrons. The molecule has 116 valence electrons. The van der Waals surface area contributed by atoms with Gasteiger partial charge >= 0.3 is 0 Å². The van der Waals surface area contributed by atoms with Crippen molar-refractivity contribution in [2.75, 3.05) is 11.9 Å². The second-order valence-corrected chi connectivity index (χ2v) is 7.17. The number of benzene rings is 1. The molecule has 1 aromatic rings. The molecule has 5 heteroatoms. The van der Waals surface area contributed by atoms with Gasteiger partial charge in [-0.25, -0.2) is 0 Å². The van der Waals surface area contributed by atoms with Gasteiger partial charge in [0.2, 0.25) is 5.91 Å². The van der Waals surface area contributed by atoms with Crippen LogP contribution in [0.25, 0.3) is 0 Å². The van der Waals surface area contributed by atoms with E-state index >= 15 is 0 Å². The van der Waals surface area contributed by atoms with Crippen molar-refractivity contribution < 1.29 is 9.53 Å². The van der Waals surface area contributed by atoms with Gasteiger partial charge in [0.15, 0.2) is 0 Å². The minimum absolute atomic E-state index is 0.0295. The van der Waals surface area contributed by atoms with E-state index in [1.165, 1.54) is 0 Å². The van der Waals surface area contributed by atoms with E-state index in [1.807, 2.05) is 45.9 Å².